The number of thioether (sulfide) groups is 1. The molecule has 2 heterocycles. The van der Waals surface area contributed by atoms with E-state index in [1.54, 1.807) is 6.07 Å². The minimum Gasteiger partial charge on any atom is -0.457 e. The molecular formula is C28H24ClN3O4S. The molecule has 2 aliphatic rings. The van der Waals surface area contributed by atoms with Crippen LogP contribution in [0.25, 0.3) is 0 Å². The molecule has 0 aliphatic carbocycles. The fraction of sp³-hybridized carbons (Fsp3) is 0.179. The first-order valence-electron chi connectivity index (χ1n) is 11.8. The lowest BCUT2D eigenvalue weighted by molar-refractivity contribution is -0.140. The van der Waals surface area contributed by atoms with Crippen LogP contribution in [0.5, 0.6) is 0 Å². The third-order valence-electron chi connectivity index (χ3n) is 6.16. The Morgan fingerprint density at radius 1 is 0.973 bits per heavy atom. The van der Waals surface area contributed by atoms with Gasteiger partial charge in [0, 0.05) is 15.6 Å². The lowest BCUT2D eigenvalue weighted by Crippen LogP contribution is -2.46. The van der Waals surface area contributed by atoms with Crippen molar-refractivity contribution in [3.63, 3.8) is 0 Å². The van der Waals surface area contributed by atoms with Crippen LogP contribution >= 0.6 is 23.4 Å². The van der Waals surface area contributed by atoms with Crippen LogP contribution < -0.4 is 16.0 Å². The Bertz CT molecular complexity index is 1390. The second-order valence-corrected chi connectivity index (χ2v) is 10.1. The molecule has 3 amide bonds. The zero-order valence-electron chi connectivity index (χ0n) is 19.8. The Hall–Kier alpha value is -3.75. The standard InChI is InChI=1S/C28H24ClN3O4S/c29-20-9-5-4-8-18(20)10-12-21-25(27(34)36-15-17-6-2-1-3-7-17)26(32-28(35)31-21)19-11-13-23-22(14-19)30-24(33)16-37-23/h1-9,11,13-14,26H,10,12,15-16H2,(H,30,33)(H2,31,32,35). The number of carbonyl (C=O) groups is 3. The maximum Gasteiger partial charge on any atom is 0.338 e. The van der Waals surface area contributed by atoms with Crippen molar-refractivity contribution in [3.8, 4) is 0 Å². The highest BCUT2D eigenvalue weighted by atomic mass is 35.5. The Balaban J connectivity index is 1.49. The summed E-state index contributed by atoms with van der Waals surface area (Å²) >= 11 is 7.79. The quantitative estimate of drug-likeness (QED) is 0.355. The molecule has 0 saturated carbocycles. The van der Waals surface area contributed by atoms with E-state index in [-0.39, 0.29) is 12.5 Å². The average Bonchev–Trinajstić information content (AvgIpc) is 2.91. The van der Waals surface area contributed by atoms with E-state index in [1.165, 1.54) is 11.8 Å². The number of allylic oxidation sites excluding steroid dienone is 1. The van der Waals surface area contributed by atoms with Gasteiger partial charge in [-0.3, -0.25) is 4.79 Å². The van der Waals surface area contributed by atoms with Crippen LogP contribution in [0.3, 0.4) is 0 Å². The van der Waals surface area contributed by atoms with Gasteiger partial charge in [0.2, 0.25) is 5.91 Å². The van der Waals surface area contributed by atoms with Gasteiger partial charge in [-0.05, 0) is 47.7 Å². The van der Waals surface area contributed by atoms with Crippen LogP contribution in [0.15, 0.2) is 89.0 Å². The molecule has 3 aromatic carbocycles. The van der Waals surface area contributed by atoms with Crippen LogP contribution in [0.2, 0.25) is 5.02 Å². The number of benzene rings is 3. The number of carbonyl (C=O) groups excluding carboxylic acids is 3. The van der Waals surface area contributed by atoms with Gasteiger partial charge in [-0.15, -0.1) is 11.8 Å². The van der Waals surface area contributed by atoms with E-state index in [4.69, 9.17) is 16.3 Å². The lowest BCUT2D eigenvalue weighted by atomic mass is 9.92. The molecule has 0 bridgehead atoms. The summed E-state index contributed by atoms with van der Waals surface area (Å²) in [6, 6.07) is 21.2. The first kappa shape index (κ1) is 24.9. The Morgan fingerprint density at radius 2 is 1.76 bits per heavy atom. The topological polar surface area (TPSA) is 96.5 Å². The van der Waals surface area contributed by atoms with Crippen molar-refractivity contribution in [2.75, 3.05) is 11.1 Å². The van der Waals surface area contributed by atoms with Crippen molar-refractivity contribution >= 4 is 47.0 Å². The van der Waals surface area contributed by atoms with Gasteiger partial charge >= 0.3 is 12.0 Å². The molecular weight excluding hydrogens is 510 g/mol. The van der Waals surface area contributed by atoms with Gasteiger partial charge in [0.1, 0.15) is 6.61 Å². The van der Waals surface area contributed by atoms with Crippen molar-refractivity contribution in [1.82, 2.24) is 10.6 Å². The van der Waals surface area contributed by atoms with Gasteiger partial charge in [0.25, 0.3) is 0 Å². The fourth-order valence-electron chi connectivity index (χ4n) is 4.35. The van der Waals surface area contributed by atoms with E-state index in [0.717, 1.165) is 16.0 Å². The van der Waals surface area contributed by atoms with Gasteiger partial charge in [-0.1, -0.05) is 66.2 Å². The molecule has 9 heteroatoms. The molecule has 37 heavy (non-hydrogen) atoms. The van der Waals surface area contributed by atoms with Crippen LogP contribution in [0.1, 0.15) is 29.2 Å². The Morgan fingerprint density at radius 3 is 2.57 bits per heavy atom. The number of aryl methyl sites for hydroxylation is 1. The largest absolute Gasteiger partial charge is 0.457 e. The molecule has 0 spiro atoms. The minimum atomic E-state index is -0.757. The highest BCUT2D eigenvalue weighted by Crippen LogP contribution is 2.37. The minimum absolute atomic E-state index is 0.0949. The molecule has 2 aliphatic heterocycles. The summed E-state index contributed by atoms with van der Waals surface area (Å²) in [5.74, 6) is -0.284. The number of nitrogens with one attached hydrogen (secondary N) is 3. The number of fused-ring (bicyclic) bond motifs is 1. The second-order valence-electron chi connectivity index (χ2n) is 8.67. The van der Waals surface area contributed by atoms with Gasteiger partial charge < -0.3 is 20.7 Å². The fourth-order valence-corrected chi connectivity index (χ4v) is 5.37. The maximum atomic E-state index is 13.5. The summed E-state index contributed by atoms with van der Waals surface area (Å²) in [7, 11) is 0. The van der Waals surface area contributed by atoms with Gasteiger partial charge in [-0.25, -0.2) is 9.59 Å². The summed E-state index contributed by atoms with van der Waals surface area (Å²) in [5.41, 5.74) is 3.87. The summed E-state index contributed by atoms with van der Waals surface area (Å²) < 4.78 is 5.70. The molecule has 5 rings (SSSR count). The lowest BCUT2D eigenvalue weighted by Gasteiger charge is -2.30. The van der Waals surface area contributed by atoms with E-state index in [0.29, 0.717) is 46.1 Å². The average molecular weight is 534 g/mol. The third kappa shape index (κ3) is 5.81. The third-order valence-corrected chi connectivity index (χ3v) is 7.60. The number of hydrogen-bond donors (Lipinski definition) is 3. The summed E-state index contributed by atoms with van der Waals surface area (Å²) in [4.78, 5) is 39.1. The first-order valence-corrected chi connectivity index (χ1v) is 13.2. The summed E-state index contributed by atoms with van der Waals surface area (Å²) in [6.07, 6.45) is 0.898. The smallest absolute Gasteiger partial charge is 0.338 e. The highest BCUT2D eigenvalue weighted by Gasteiger charge is 2.34. The van der Waals surface area contributed by atoms with Crippen molar-refractivity contribution in [2.45, 2.75) is 30.4 Å². The van der Waals surface area contributed by atoms with E-state index in [9.17, 15) is 14.4 Å². The van der Waals surface area contributed by atoms with Crippen LogP contribution in [-0.4, -0.2) is 23.7 Å². The van der Waals surface area contributed by atoms with E-state index >= 15 is 0 Å². The highest BCUT2D eigenvalue weighted by molar-refractivity contribution is 8.00. The summed E-state index contributed by atoms with van der Waals surface area (Å²) in [6.45, 7) is 0.0958. The van der Waals surface area contributed by atoms with E-state index in [1.807, 2.05) is 66.7 Å². The van der Waals surface area contributed by atoms with Crippen molar-refractivity contribution in [2.24, 2.45) is 0 Å². The maximum absolute atomic E-state index is 13.5. The second kappa shape index (κ2) is 11.1. The number of anilines is 1. The molecule has 0 aromatic heterocycles. The van der Waals surface area contributed by atoms with Crippen molar-refractivity contribution < 1.29 is 19.1 Å². The van der Waals surface area contributed by atoms with Gasteiger partial charge in [-0.2, -0.15) is 0 Å². The molecule has 1 unspecified atom stereocenters. The van der Waals surface area contributed by atoms with Crippen LogP contribution in [0, 0.1) is 0 Å². The molecule has 0 fully saturated rings. The predicted octanol–water partition coefficient (Wildman–Crippen LogP) is 5.37. The molecule has 7 nitrogen and oxygen atoms in total. The zero-order chi connectivity index (χ0) is 25.8. The zero-order valence-corrected chi connectivity index (χ0v) is 21.3. The number of amides is 3. The van der Waals surface area contributed by atoms with Gasteiger partial charge in [0.05, 0.1) is 23.1 Å². The molecule has 3 aromatic rings. The number of hydrogen-bond acceptors (Lipinski definition) is 5. The predicted molar refractivity (Wildman–Crippen MR) is 143 cm³/mol. The number of halogens is 1. The number of esters is 1. The monoisotopic (exact) mass is 533 g/mol. The van der Waals surface area contributed by atoms with Crippen LogP contribution in [0.4, 0.5) is 10.5 Å². The van der Waals surface area contributed by atoms with Crippen molar-refractivity contribution in [3.05, 3.63) is 106 Å². The van der Waals surface area contributed by atoms with Crippen molar-refractivity contribution in [1.29, 1.82) is 0 Å². The Labute approximate surface area is 223 Å². The van der Waals surface area contributed by atoms with E-state index in [2.05, 4.69) is 16.0 Å². The SMILES string of the molecule is O=C1CSc2ccc(C3NC(=O)NC(CCc4ccccc4Cl)=C3C(=O)OCc3ccccc3)cc2N1. The Kier molecular flexibility index (Phi) is 7.48. The first-order chi connectivity index (χ1) is 18.0. The van der Waals surface area contributed by atoms with Crippen LogP contribution in [-0.2, 0) is 27.4 Å². The summed E-state index contributed by atoms with van der Waals surface area (Å²) in [5, 5.41) is 9.17. The molecule has 0 radical (unpaired) electrons. The number of urea groups is 1. The molecule has 3 N–H and O–H groups in total. The number of ether oxygens (including phenoxy) is 1. The molecule has 0 saturated heterocycles. The normalized spacial score (nSPS) is 16.8. The molecule has 1 atom stereocenters. The number of rotatable bonds is 7. The van der Waals surface area contributed by atoms with E-state index < -0.39 is 18.0 Å². The van der Waals surface area contributed by atoms with Gasteiger partial charge in [0.15, 0.2) is 0 Å². The molecule has 188 valence electrons.